The summed E-state index contributed by atoms with van der Waals surface area (Å²) in [6.45, 7) is 12.8. The lowest BCUT2D eigenvalue weighted by Gasteiger charge is -2.33. The van der Waals surface area contributed by atoms with Gasteiger partial charge in [0.05, 0.1) is 23.2 Å². The number of hydrogen-bond donors (Lipinski definition) is 1. The monoisotopic (exact) mass is 443 g/mol. The zero-order chi connectivity index (χ0) is 22.7. The molecule has 2 aromatic rings. The van der Waals surface area contributed by atoms with E-state index in [1.54, 1.807) is 0 Å². The number of likely N-dealkylation sites (tertiary alicyclic amines) is 1. The predicted octanol–water partition coefficient (Wildman–Crippen LogP) is 3.60. The van der Waals surface area contributed by atoms with Crippen LogP contribution >= 0.6 is 0 Å². The Morgan fingerprint density at radius 2 is 1.91 bits per heavy atom. The molecule has 0 amide bonds. The molecule has 176 valence electrons. The molecule has 2 fully saturated rings. The van der Waals surface area contributed by atoms with E-state index >= 15 is 0 Å². The van der Waals surface area contributed by atoms with Gasteiger partial charge in [-0.05, 0) is 66.5 Å². The number of hydrogen-bond acceptors (Lipinski definition) is 7. The molecule has 32 heavy (non-hydrogen) atoms. The number of carbonyl (C=O) groups excluding carboxylic acids is 1. The van der Waals surface area contributed by atoms with Crippen LogP contribution in [0.1, 0.15) is 58.9 Å². The average Bonchev–Trinajstić information content (AvgIpc) is 3.19. The molecule has 0 atom stereocenters. The molecular formula is C24H37N5O3. The van der Waals surface area contributed by atoms with E-state index in [4.69, 9.17) is 14.5 Å². The van der Waals surface area contributed by atoms with Crippen LogP contribution in [0.5, 0.6) is 0 Å². The number of fused-ring (bicyclic) bond motifs is 1. The number of aryl methyl sites for hydroxylation is 1. The van der Waals surface area contributed by atoms with Gasteiger partial charge in [-0.1, -0.05) is 0 Å². The van der Waals surface area contributed by atoms with Crippen LogP contribution in [0.25, 0.3) is 11.0 Å². The number of esters is 1. The lowest BCUT2D eigenvalue weighted by molar-refractivity contribution is -0.161. The van der Waals surface area contributed by atoms with Crippen LogP contribution in [-0.4, -0.2) is 63.6 Å². The zero-order valence-corrected chi connectivity index (χ0v) is 19.9. The Morgan fingerprint density at radius 3 is 2.56 bits per heavy atom. The fraction of sp³-hybridized carbons (Fsp3) is 0.708. The number of pyridine rings is 1. The van der Waals surface area contributed by atoms with Crippen molar-refractivity contribution < 1.29 is 14.3 Å². The molecule has 2 aromatic heterocycles. The molecule has 0 radical (unpaired) electrons. The molecule has 4 heterocycles. The quantitative estimate of drug-likeness (QED) is 0.683. The number of nitrogens with zero attached hydrogens (tertiary/aromatic N) is 4. The number of aromatic nitrogens is 3. The second kappa shape index (κ2) is 9.75. The normalized spacial score (nSPS) is 19.4. The van der Waals surface area contributed by atoms with Crippen LogP contribution in [0.4, 0.5) is 5.69 Å². The van der Waals surface area contributed by atoms with Crippen molar-refractivity contribution in [3.05, 3.63) is 18.0 Å². The third kappa shape index (κ3) is 5.41. The molecule has 8 nitrogen and oxygen atoms in total. The first-order valence-electron chi connectivity index (χ1n) is 12.0. The number of piperidine rings is 1. The van der Waals surface area contributed by atoms with Crippen molar-refractivity contribution in [3.8, 4) is 0 Å². The molecular weight excluding hydrogens is 406 g/mol. The van der Waals surface area contributed by atoms with Gasteiger partial charge in [0.15, 0.2) is 5.65 Å². The van der Waals surface area contributed by atoms with Gasteiger partial charge in [-0.2, -0.15) is 5.10 Å². The van der Waals surface area contributed by atoms with Crippen LogP contribution in [0.3, 0.4) is 0 Å². The number of ether oxygens (including phenoxy) is 2. The maximum atomic E-state index is 12.5. The van der Waals surface area contributed by atoms with E-state index in [9.17, 15) is 4.79 Å². The summed E-state index contributed by atoms with van der Waals surface area (Å²) < 4.78 is 13.1. The van der Waals surface area contributed by atoms with E-state index in [1.165, 1.54) is 5.56 Å². The Bertz CT molecular complexity index is 922. The predicted molar refractivity (Wildman–Crippen MR) is 125 cm³/mol. The van der Waals surface area contributed by atoms with E-state index in [-0.39, 0.29) is 11.9 Å². The topological polar surface area (TPSA) is 81.5 Å². The maximum Gasteiger partial charge on any atom is 0.309 e. The van der Waals surface area contributed by atoms with Crippen LogP contribution < -0.4 is 5.32 Å². The highest BCUT2D eigenvalue weighted by atomic mass is 16.6. The van der Waals surface area contributed by atoms with Gasteiger partial charge in [-0.15, -0.1) is 0 Å². The summed E-state index contributed by atoms with van der Waals surface area (Å²) in [5.74, 6) is -0.0669. The molecule has 1 N–H and O–H groups in total. The standard InChI is InChI=1S/C24H37N5O3/c1-5-29-22-20(15-26-29)21(27-19-8-12-31-13-9-19)18(14-25-22)16-28-10-6-17(7-11-28)23(30)32-24(2,3)4/h14-15,17,19H,5-13,16H2,1-4H3,(H,25,27). The van der Waals surface area contributed by atoms with Crippen LogP contribution in [0, 0.1) is 5.92 Å². The molecule has 0 spiro atoms. The molecule has 2 aliphatic rings. The van der Waals surface area contributed by atoms with Gasteiger partial charge >= 0.3 is 5.97 Å². The summed E-state index contributed by atoms with van der Waals surface area (Å²) >= 11 is 0. The summed E-state index contributed by atoms with van der Waals surface area (Å²) in [4.78, 5) is 19.6. The minimum atomic E-state index is -0.428. The molecule has 8 heteroatoms. The van der Waals surface area contributed by atoms with E-state index < -0.39 is 5.60 Å². The Labute approximate surface area is 190 Å². The molecule has 4 rings (SSSR count). The largest absolute Gasteiger partial charge is 0.460 e. The minimum Gasteiger partial charge on any atom is -0.460 e. The summed E-state index contributed by atoms with van der Waals surface area (Å²) in [5.41, 5.74) is 2.84. The second-order valence-electron chi connectivity index (χ2n) is 9.97. The van der Waals surface area contributed by atoms with E-state index in [0.29, 0.717) is 6.04 Å². The van der Waals surface area contributed by atoms with Crippen molar-refractivity contribution in [2.24, 2.45) is 5.92 Å². The molecule has 0 bridgehead atoms. The van der Waals surface area contributed by atoms with Gasteiger partial charge in [-0.25, -0.2) is 9.67 Å². The molecule has 0 aliphatic carbocycles. The fourth-order valence-electron chi connectivity index (χ4n) is 4.59. The summed E-state index contributed by atoms with van der Waals surface area (Å²) in [6, 6.07) is 0.399. The Balaban J connectivity index is 1.48. The van der Waals surface area contributed by atoms with Gasteiger partial charge in [0.2, 0.25) is 0 Å². The molecule has 0 saturated carbocycles. The summed E-state index contributed by atoms with van der Waals surface area (Å²) in [6.07, 6.45) is 7.62. The number of carbonyl (C=O) groups is 1. The van der Waals surface area contributed by atoms with E-state index in [1.807, 2.05) is 37.8 Å². The zero-order valence-electron chi connectivity index (χ0n) is 19.9. The van der Waals surface area contributed by atoms with Crippen LogP contribution in [-0.2, 0) is 27.4 Å². The van der Waals surface area contributed by atoms with Crippen molar-refractivity contribution in [2.45, 2.75) is 78.1 Å². The first-order valence-corrected chi connectivity index (χ1v) is 12.0. The van der Waals surface area contributed by atoms with Gasteiger partial charge in [0.25, 0.3) is 0 Å². The van der Waals surface area contributed by atoms with E-state index in [0.717, 1.165) is 81.8 Å². The summed E-state index contributed by atoms with van der Waals surface area (Å²) in [5, 5.41) is 9.42. The van der Waals surface area contributed by atoms with Crippen molar-refractivity contribution in [1.29, 1.82) is 0 Å². The average molecular weight is 444 g/mol. The molecule has 2 aliphatic heterocycles. The lowest BCUT2D eigenvalue weighted by Crippen LogP contribution is -2.38. The molecule has 0 unspecified atom stereocenters. The van der Waals surface area contributed by atoms with E-state index in [2.05, 4.69) is 22.2 Å². The highest BCUT2D eigenvalue weighted by Gasteiger charge is 2.29. The third-order valence-electron chi connectivity index (χ3n) is 6.34. The smallest absolute Gasteiger partial charge is 0.309 e. The fourth-order valence-corrected chi connectivity index (χ4v) is 4.59. The SMILES string of the molecule is CCn1ncc2c(NC3CCOCC3)c(CN3CCC(C(=O)OC(C)(C)C)CC3)cnc21. The summed E-state index contributed by atoms with van der Waals surface area (Å²) in [7, 11) is 0. The van der Waals surface area contributed by atoms with Gasteiger partial charge in [0, 0.05) is 44.1 Å². The molecule has 2 saturated heterocycles. The highest BCUT2D eigenvalue weighted by Crippen LogP contribution is 2.30. The van der Waals surface area contributed by atoms with Gasteiger partial charge < -0.3 is 14.8 Å². The van der Waals surface area contributed by atoms with Crippen molar-refractivity contribution >= 4 is 22.7 Å². The minimum absolute atomic E-state index is 0.00583. The number of nitrogens with one attached hydrogen (secondary N) is 1. The Kier molecular flexibility index (Phi) is 7.00. The first kappa shape index (κ1) is 23.0. The van der Waals surface area contributed by atoms with Crippen molar-refractivity contribution in [3.63, 3.8) is 0 Å². The Morgan fingerprint density at radius 1 is 1.19 bits per heavy atom. The lowest BCUT2D eigenvalue weighted by atomic mass is 9.96. The first-order chi connectivity index (χ1) is 15.3. The maximum absolute atomic E-state index is 12.5. The van der Waals surface area contributed by atoms with Crippen molar-refractivity contribution in [2.75, 3.05) is 31.6 Å². The van der Waals surface area contributed by atoms with Crippen molar-refractivity contribution in [1.82, 2.24) is 19.7 Å². The highest BCUT2D eigenvalue weighted by molar-refractivity contribution is 5.90. The Hall–Kier alpha value is -2.19. The van der Waals surface area contributed by atoms with Crippen LogP contribution in [0.15, 0.2) is 12.4 Å². The third-order valence-corrected chi connectivity index (χ3v) is 6.34. The number of rotatable bonds is 6. The molecule has 0 aromatic carbocycles. The number of anilines is 1. The van der Waals surface area contributed by atoms with Gasteiger partial charge in [0.1, 0.15) is 5.60 Å². The van der Waals surface area contributed by atoms with Crippen LogP contribution in [0.2, 0.25) is 0 Å². The van der Waals surface area contributed by atoms with Gasteiger partial charge in [-0.3, -0.25) is 9.69 Å². The second-order valence-corrected chi connectivity index (χ2v) is 9.97.